The number of benzene rings is 9. The Kier molecular flexibility index (Phi) is 7.23. The molecule has 1 aliphatic rings. The molecule has 9 aromatic carbocycles. The summed E-state index contributed by atoms with van der Waals surface area (Å²) < 4.78 is 0. The predicted molar refractivity (Wildman–Crippen MR) is 231 cm³/mol. The van der Waals surface area contributed by atoms with Crippen molar-refractivity contribution in [2.24, 2.45) is 0 Å². The molecule has 1 aromatic heterocycles. The molecule has 0 atom stereocenters. The van der Waals surface area contributed by atoms with Crippen molar-refractivity contribution in [1.29, 1.82) is 5.26 Å². The van der Waals surface area contributed by atoms with Crippen molar-refractivity contribution in [1.82, 2.24) is 9.97 Å². The Labute approximate surface area is 324 Å². The number of fused-ring (bicyclic) bond motifs is 5. The van der Waals surface area contributed by atoms with Crippen molar-refractivity contribution in [3.8, 4) is 84.5 Å². The number of rotatable bonds is 5. The van der Waals surface area contributed by atoms with Crippen molar-refractivity contribution < 1.29 is 0 Å². The van der Waals surface area contributed by atoms with Crippen LogP contribution in [0.1, 0.15) is 5.56 Å². The number of hydrogen-bond donors (Lipinski definition) is 0. The zero-order chi connectivity index (χ0) is 37.2. The van der Waals surface area contributed by atoms with E-state index in [1.807, 2.05) is 24.3 Å². The van der Waals surface area contributed by atoms with E-state index in [1.165, 1.54) is 44.2 Å². The standard InChI is InChI=1S/C53H31N3/c54-32-33-23-25-34(26-24-33)37-27-28-44-38-17-7-8-18-39(38)45-29-30-46(50(37)51(44)45)49-40-19-9-11-21-42(40)52(43-22-12-10-20-41(43)49)53-55-47(35-13-3-1-4-14-35)31-48(56-53)36-15-5-2-6-16-36/h1-31H. The van der Waals surface area contributed by atoms with E-state index in [9.17, 15) is 5.26 Å². The third-order valence-electron chi connectivity index (χ3n) is 11.3. The minimum Gasteiger partial charge on any atom is -0.228 e. The molecular formula is C53H31N3. The monoisotopic (exact) mass is 709 g/mol. The predicted octanol–water partition coefficient (Wildman–Crippen LogP) is 13.8. The molecule has 0 N–H and O–H groups in total. The van der Waals surface area contributed by atoms with Gasteiger partial charge in [0.15, 0.2) is 5.82 Å². The van der Waals surface area contributed by atoms with Gasteiger partial charge >= 0.3 is 0 Å². The molecule has 0 fully saturated rings. The topological polar surface area (TPSA) is 49.6 Å². The van der Waals surface area contributed by atoms with Crippen LogP contribution >= 0.6 is 0 Å². The third kappa shape index (κ3) is 4.90. The number of nitriles is 1. The van der Waals surface area contributed by atoms with Gasteiger partial charge in [0.05, 0.1) is 23.0 Å². The van der Waals surface area contributed by atoms with Crippen LogP contribution in [0.15, 0.2) is 188 Å². The lowest BCUT2D eigenvalue weighted by molar-refractivity contribution is 1.19. The Bertz CT molecular complexity index is 3090. The Morgan fingerprint density at radius 1 is 0.339 bits per heavy atom. The Morgan fingerprint density at radius 2 is 0.768 bits per heavy atom. The highest BCUT2D eigenvalue weighted by molar-refractivity contribution is 6.28. The highest BCUT2D eigenvalue weighted by Gasteiger charge is 2.27. The summed E-state index contributed by atoms with van der Waals surface area (Å²) in [6.45, 7) is 0. The molecule has 1 aliphatic carbocycles. The van der Waals surface area contributed by atoms with E-state index < -0.39 is 0 Å². The zero-order valence-corrected chi connectivity index (χ0v) is 30.2. The number of nitrogens with zero attached hydrogens (tertiary/aromatic N) is 3. The summed E-state index contributed by atoms with van der Waals surface area (Å²) >= 11 is 0. The van der Waals surface area contributed by atoms with Gasteiger partial charge in [-0.25, -0.2) is 9.97 Å². The minimum atomic E-state index is 0.647. The maximum Gasteiger partial charge on any atom is 0.161 e. The molecule has 10 aromatic rings. The second-order valence-electron chi connectivity index (χ2n) is 14.3. The highest BCUT2D eigenvalue weighted by atomic mass is 14.9. The van der Waals surface area contributed by atoms with Crippen LogP contribution in [0.3, 0.4) is 0 Å². The van der Waals surface area contributed by atoms with Crippen molar-refractivity contribution in [3.63, 3.8) is 0 Å². The smallest absolute Gasteiger partial charge is 0.161 e. The third-order valence-corrected chi connectivity index (χ3v) is 11.3. The first-order valence-corrected chi connectivity index (χ1v) is 18.9. The lowest BCUT2D eigenvalue weighted by Gasteiger charge is -2.20. The van der Waals surface area contributed by atoms with Gasteiger partial charge in [0.25, 0.3) is 0 Å². The first kappa shape index (κ1) is 31.8. The molecule has 3 heteroatoms. The molecule has 0 bridgehead atoms. The minimum absolute atomic E-state index is 0.647. The Hall–Kier alpha value is -7.67. The largest absolute Gasteiger partial charge is 0.228 e. The van der Waals surface area contributed by atoms with Gasteiger partial charge in [-0.15, -0.1) is 0 Å². The van der Waals surface area contributed by atoms with Crippen LogP contribution in [0.25, 0.3) is 111 Å². The van der Waals surface area contributed by atoms with Crippen LogP contribution in [0.5, 0.6) is 0 Å². The summed E-state index contributed by atoms with van der Waals surface area (Å²) in [5.41, 5.74) is 15.1. The van der Waals surface area contributed by atoms with Crippen molar-refractivity contribution in [3.05, 3.63) is 194 Å². The summed E-state index contributed by atoms with van der Waals surface area (Å²) in [7, 11) is 0. The van der Waals surface area contributed by atoms with Crippen molar-refractivity contribution in [2.75, 3.05) is 0 Å². The molecule has 0 radical (unpaired) electrons. The van der Waals surface area contributed by atoms with E-state index in [4.69, 9.17) is 9.97 Å². The van der Waals surface area contributed by atoms with E-state index >= 15 is 0 Å². The van der Waals surface area contributed by atoms with Gasteiger partial charge in [-0.05, 0) is 95.0 Å². The van der Waals surface area contributed by atoms with Gasteiger partial charge in [-0.1, -0.05) is 170 Å². The van der Waals surface area contributed by atoms with Gasteiger partial charge in [0.2, 0.25) is 0 Å². The Balaban J connectivity index is 1.25. The van der Waals surface area contributed by atoms with E-state index in [1.54, 1.807) is 0 Å². The van der Waals surface area contributed by atoms with Crippen LogP contribution in [-0.2, 0) is 0 Å². The molecule has 0 saturated carbocycles. The summed E-state index contributed by atoms with van der Waals surface area (Å²) in [4.78, 5) is 10.7. The van der Waals surface area contributed by atoms with E-state index in [-0.39, 0.29) is 0 Å². The SMILES string of the molecule is N#Cc1ccc(-c2ccc3c4c(ccc(-c5c6ccccc6c(-c6nc(-c7ccccc7)cc(-c7ccccc7)n6)c6ccccc56)c24)-c2ccccc2-3)cc1. The molecule has 0 amide bonds. The lowest BCUT2D eigenvalue weighted by Crippen LogP contribution is -1.99. The second kappa shape index (κ2) is 12.7. The summed E-state index contributed by atoms with van der Waals surface area (Å²) in [6.07, 6.45) is 0. The molecular weight excluding hydrogens is 679 g/mol. The van der Waals surface area contributed by atoms with E-state index in [2.05, 4.69) is 170 Å². The van der Waals surface area contributed by atoms with Crippen molar-refractivity contribution >= 4 is 32.3 Å². The molecule has 3 nitrogen and oxygen atoms in total. The fourth-order valence-electron chi connectivity index (χ4n) is 8.80. The fourth-order valence-corrected chi connectivity index (χ4v) is 8.80. The van der Waals surface area contributed by atoms with Crippen LogP contribution in [-0.4, -0.2) is 9.97 Å². The van der Waals surface area contributed by atoms with Gasteiger partial charge in [-0.2, -0.15) is 5.26 Å². The molecule has 11 rings (SSSR count). The molecule has 0 spiro atoms. The fraction of sp³-hybridized carbons (Fsp3) is 0. The van der Waals surface area contributed by atoms with Gasteiger partial charge in [0, 0.05) is 16.7 Å². The quantitative estimate of drug-likeness (QED) is 0.167. The summed E-state index contributed by atoms with van der Waals surface area (Å²) in [5.74, 6) is 0.693. The molecule has 258 valence electrons. The van der Waals surface area contributed by atoms with E-state index in [0.717, 1.165) is 60.8 Å². The highest BCUT2D eigenvalue weighted by Crippen LogP contribution is 2.54. The molecule has 1 heterocycles. The summed E-state index contributed by atoms with van der Waals surface area (Å²) in [6, 6.07) is 68.5. The van der Waals surface area contributed by atoms with Gasteiger partial charge in [-0.3, -0.25) is 0 Å². The average molecular weight is 710 g/mol. The van der Waals surface area contributed by atoms with Crippen LogP contribution in [0.2, 0.25) is 0 Å². The van der Waals surface area contributed by atoms with Crippen LogP contribution < -0.4 is 0 Å². The van der Waals surface area contributed by atoms with Crippen LogP contribution in [0.4, 0.5) is 0 Å². The zero-order valence-electron chi connectivity index (χ0n) is 30.2. The molecule has 0 saturated heterocycles. The first-order valence-electron chi connectivity index (χ1n) is 18.9. The van der Waals surface area contributed by atoms with E-state index in [0.29, 0.717) is 11.4 Å². The lowest BCUT2D eigenvalue weighted by atomic mass is 9.83. The van der Waals surface area contributed by atoms with Gasteiger partial charge < -0.3 is 0 Å². The maximum atomic E-state index is 9.64. The second-order valence-corrected chi connectivity index (χ2v) is 14.3. The Morgan fingerprint density at radius 3 is 1.29 bits per heavy atom. The summed E-state index contributed by atoms with van der Waals surface area (Å²) in [5, 5.41) is 16.6. The van der Waals surface area contributed by atoms with Crippen LogP contribution in [0, 0.1) is 11.3 Å². The normalized spacial score (nSPS) is 11.6. The average Bonchev–Trinajstić information content (AvgIpc) is 3.60. The molecule has 56 heavy (non-hydrogen) atoms. The molecule has 0 unspecified atom stereocenters. The first-order chi connectivity index (χ1) is 27.7. The molecule has 0 aliphatic heterocycles. The van der Waals surface area contributed by atoms with Gasteiger partial charge in [0.1, 0.15) is 0 Å². The maximum absolute atomic E-state index is 9.64. The number of aromatic nitrogens is 2. The number of hydrogen-bond acceptors (Lipinski definition) is 3. The van der Waals surface area contributed by atoms with Crippen molar-refractivity contribution in [2.45, 2.75) is 0 Å².